The minimum Gasteiger partial charge on any atom is -0.381 e. The summed E-state index contributed by atoms with van der Waals surface area (Å²) in [6.07, 6.45) is 4.93. The molecule has 1 aliphatic heterocycles. The summed E-state index contributed by atoms with van der Waals surface area (Å²) in [7, 11) is 1.90. The van der Waals surface area contributed by atoms with E-state index in [1.807, 2.05) is 16.5 Å². The fourth-order valence-electron chi connectivity index (χ4n) is 2.50. The molecule has 6 nitrogen and oxygen atoms in total. The lowest BCUT2D eigenvalue weighted by Gasteiger charge is -2.16. The first-order valence-corrected chi connectivity index (χ1v) is 7.39. The van der Waals surface area contributed by atoms with Gasteiger partial charge in [-0.1, -0.05) is 6.92 Å². The SMILES string of the molecule is CCCOC[C@H]1CCN(C(=O)CCc2nncn2C)C1. The number of likely N-dealkylation sites (tertiary alicyclic amines) is 1. The maximum atomic E-state index is 12.2. The van der Waals surface area contributed by atoms with E-state index in [1.54, 1.807) is 6.33 Å². The number of carbonyl (C=O) groups is 1. The van der Waals surface area contributed by atoms with E-state index in [0.717, 1.165) is 45.0 Å². The molecule has 0 spiro atoms. The van der Waals surface area contributed by atoms with Gasteiger partial charge in [-0.2, -0.15) is 0 Å². The van der Waals surface area contributed by atoms with Gasteiger partial charge in [0.05, 0.1) is 6.61 Å². The van der Waals surface area contributed by atoms with Gasteiger partial charge in [0.25, 0.3) is 0 Å². The quantitative estimate of drug-likeness (QED) is 0.700. The Hall–Kier alpha value is -1.43. The number of hydrogen-bond acceptors (Lipinski definition) is 4. The molecule has 112 valence electrons. The van der Waals surface area contributed by atoms with Crippen molar-refractivity contribution in [2.24, 2.45) is 13.0 Å². The molecule has 0 saturated carbocycles. The highest BCUT2D eigenvalue weighted by atomic mass is 16.5. The van der Waals surface area contributed by atoms with Gasteiger partial charge in [0.1, 0.15) is 12.2 Å². The number of amides is 1. The Kier molecular flexibility index (Phi) is 5.52. The summed E-state index contributed by atoms with van der Waals surface area (Å²) in [5, 5.41) is 7.82. The van der Waals surface area contributed by atoms with Crippen molar-refractivity contribution in [2.75, 3.05) is 26.3 Å². The third-order valence-electron chi connectivity index (χ3n) is 3.71. The number of carbonyl (C=O) groups excluding carboxylic acids is 1. The fourth-order valence-corrected chi connectivity index (χ4v) is 2.50. The van der Waals surface area contributed by atoms with Crippen LogP contribution in [0.1, 0.15) is 32.0 Å². The van der Waals surface area contributed by atoms with Crippen LogP contribution in [-0.2, 0) is 23.0 Å². The van der Waals surface area contributed by atoms with Crippen LogP contribution >= 0.6 is 0 Å². The molecule has 0 N–H and O–H groups in total. The Morgan fingerprint density at radius 3 is 3.10 bits per heavy atom. The molecule has 2 rings (SSSR count). The highest BCUT2D eigenvalue weighted by molar-refractivity contribution is 5.76. The lowest BCUT2D eigenvalue weighted by molar-refractivity contribution is -0.130. The van der Waals surface area contributed by atoms with E-state index in [9.17, 15) is 4.79 Å². The average Bonchev–Trinajstić information content (AvgIpc) is 3.06. The zero-order valence-electron chi connectivity index (χ0n) is 12.4. The molecule has 1 amide bonds. The molecule has 0 unspecified atom stereocenters. The summed E-state index contributed by atoms with van der Waals surface area (Å²) in [4.78, 5) is 14.1. The average molecular weight is 280 g/mol. The number of rotatable bonds is 7. The van der Waals surface area contributed by atoms with Crippen molar-refractivity contribution in [3.8, 4) is 0 Å². The predicted octanol–water partition coefficient (Wildman–Crippen LogP) is 1.02. The van der Waals surface area contributed by atoms with Gasteiger partial charge in [0, 0.05) is 45.5 Å². The molecular weight excluding hydrogens is 256 g/mol. The van der Waals surface area contributed by atoms with Crippen molar-refractivity contribution < 1.29 is 9.53 Å². The van der Waals surface area contributed by atoms with E-state index >= 15 is 0 Å². The fraction of sp³-hybridized carbons (Fsp3) is 0.786. The van der Waals surface area contributed by atoms with Gasteiger partial charge in [-0.15, -0.1) is 10.2 Å². The standard InChI is InChI=1S/C14H24N4O2/c1-3-8-20-10-12-6-7-18(9-12)14(19)5-4-13-16-15-11-17(13)2/h11-12H,3-10H2,1-2H3/t12-/m0/s1. The van der Waals surface area contributed by atoms with Gasteiger partial charge in [0.15, 0.2) is 0 Å². The molecule has 2 heterocycles. The number of ether oxygens (including phenoxy) is 1. The van der Waals surface area contributed by atoms with E-state index in [4.69, 9.17) is 4.74 Å². The van der Waals surface area contributed by atoms with Gasteiger partial charge < -0.3 is 14.2 Å². The molecule has 1 atom stereocenters. The van der Waals surface area contributed by atoms with Crippen LogP contribution < -0.4 is 0 Å². The Morgan fingerprint density at radius 2 is 2.40 bits per heavy atom. The summed E-state index contributed by atoms with van der Waals surface area (Å²) in [6.45, 7) is 5.40. The third kappa shape index (κ3) is 4.03. The van der Waals surface area contributed by atoms with Crippen LogP contribution in [-0.4, -0.2) is 51.9 Å². The summed E-state index contributed by atoms with van der Waals surface area (Å²) in [5.41, 5.74) is 0. The smallest absolute Gasteiger partial charge is 0.223 e. The third-order valence-corrected chi connectivity index (χ3v) is 3.71. The molecule has 0 aromatic carbocycles. The monoisotopic (exact) mass is 280 g/mol. The van der Waals surface area contributed by atoms with Crippen molar-refractivity contribution in [3.05, 3.63) is 12.2 Å². The van der Waals surface area contributed by atoms with Crippen LogP contribution in [0.5, 0.6) is 0 Å². The second kappa shape index (κ2) is 7.38. The topological polar surface area (TPSA) is 60.2 Å². The molecule has 1 aromatic rings. The van der Waals surface area contributed by atoms with Crippen molar-refractivity contribution in [1.82, 2.24) is 19.7 Å². The van der Waals surface area contributed by atoms with E-state index in [-0.39, 0.29) is 5.91 Å². The van der Waals surface area contributed by atoms with Gasteiger partial charge in [0.2, 0.25) is 5.91 Å². The molecule has 1 fully saturated rings. The first-order valence-electron chi connectivity index (χ1n) is 7.39. The molecular formula is C14H24N4O2. The zero-order valence-corrected chi connectivity index (χ0v) is 12.4. The maximum absolute atomic E-state index is 12.2. The number of aromatic nitrogens is 3. The van der Waals surface area contributed by atoms with Crippen LogP contribution in [0, 0.1) is 5.92 Å². The number of hydrogen-bond donors (Lipinski definition) is 0. The normalized spacial score (nSPS) is 18.7. The second-order valence-corrected chi connectivity index (χ2v) is 5.43. The van der Waals surface area contributed by atoms with Gasteiger partial charge in [-0.05, 0) is 12.8 Å². The van der Waals surface area contributed by atoms with Crippen LogP contribution in [0.15, 0.2) is 6.33 Å². The Balaban J connectivity index is 1.70. The molecule has 1 saturated heterocycles. The summed E-state index contributed by atoms with van der Waals surface area (Å²) < 4.78 is 7.43. The Morgan fingerprint density at radius 1 is 1.55 bits per heavy atom. The van der Waals surface area contributed by atoms with Crippen LogP contribution in [0.4, 0.5) is 0 Å². The number of nitrogens with zero attached hydrogens (tertiary/aromatic N) is 4. The second-order valence-electron chi connectivity index (χ2n) is 5.43. The van der Waals surface area contributed by atoms with Crippen molar-refractivity contribution >= 4 is 5.91 Å². The maximum Gasteiger partial charge on any atom is 0.223 e. The molecule has 20 heavy (non-hydrogen) atoms. The minimum absolute atomic E-state index is 0.214. The number of aryl methyl sites for hydroxylation is 2. The minimum atomic E-state index is 0.214. The lowest BCUT2D eigenvalue weighted by atomic mass is 10.1. The van der Waals surface area contributed by atoms with E-state index in [2.05, 4.69) is 17.1 Å². The van der Waals surface area contributed by atoms with Crippen LogP contribution in [0.3, 0.4) is 0 Å². The molecule has 0 aliphatic carbocycles. The Bertz CT molecular complexity index is 433. The molecule has 6 heteroatoms. The molecule has 0 radical (unpaired) electrons. The predicted molar refractivity (Wildman–Crippen MR) is 75.1 cm³/mol. The molecule has 0 bridgehead atoms. The van der Waals surface area contributed by atoms with Gasteiger partial charge in [-0.25, -0.2) is 0 Å². The lowest BCUT2D eigenvalue weighted by Crippen LogP contribution is -2.29. The van der Waals surface area contributed by atoms with E-state index in [0.29, 0.717) is 18.8 Å². The molecule has 1 aromatic heterocycles. The zero-order chi connectivity index (χ0) is 14.4. The van der Waals surface area contributed by atoms with Gasteiger partial charge >= 0.3 is 0 Å². The van der Waals surface area contributed by atoms with Crippen molar-refractivity contribution in [1.29, 1.82) is 0 Å². The summed E-state index contributed by atoms with van der Waals surface area (Å²) >= 11 is 0. The Labute approximate surface area is 120 Å². The van der Waals surface area contributed by atoms with E-state index < -0.39 is 0 Å². The van der Waals surface area contributed by atoms with Gasteiger partial charge in [-0.3, -0.25) is 4.79 Å². The van der Waals surface area contributed by atoms with Crippen molar-refractivity contribution in [3.63, 3.8) is 0 Å². The molecule has 1 aliphatic rings. The largest absolute Gasteiger partial charge is 0.381 e. The highest BCUT2D eigenvalue weighted by Crippen LogP contribution is 2.18. The van der Waals surface area contributed by atoms with E-state index in [1.165, 1.54) is 0 Å². The summed E-state index contributed by atoms with van der Waals surface area (Å²) in [6, 6.07) is 0. The van der Waals surface area contributed by atoms with Crippen molar-refractivity contribution in [2.45, 2.75) is 32.6 Å². The summed E-state index contributed by atoms with van der Waals surface area (Å²) in [5.74, 6) is 1.58. The van der Waals surface area contributed by atoms with Crippen LogP contribution in [0.2, 0.25) is 0 Å². The first kappa shape index (κ1) is 15.0. The van der Waals surface area contributed by atoms with Crippen LogP contribution in [0.25, 0.3) is 0 Å². The first-order chi connectivity index (χ1) is 9.70. The highest BCUT2D eigenvalue weighted by Gasteiger charge is 2.26.